The maximum absolute atomic E-state index is 12.2. The first-order valence-electron chi connectivity index (χ1n) is 9.33. The van der Waals surface area contributed by atoms with Crippen LogP contribution in [0.3, 0.4) is 0 Å². The Morgan fingerprint density at radius 2 is 1.44 bits per heavy atom. The summed E-state index contributed by atoms with van der Waals surface area (Å²) in [6.45, 7) is 6.06. The van der Waals surface area contributed by atoms with Gasteiger partial charge in [0.25, 0.3) is 0 Å². The number of alkyl carbamates (subject to hydrolysis) is 1. The molecule has 152 valence electrons. The van der Waals surface area contributed by atoms with E-state index in [4.69, 9.17) is 4.74 Å². The highest BCUT2D eigenvalue weighted by Gasteiger charge is 2.18. The van der Waals surface area contributed by atoms with Crippen LogP contribution in [0.4, 0.5) is 9.59 Å². The molecule has 0 bridgehead atoms. The second kappa shape index (κ2) is 16.9. The number of nitrogens with one attached hydrogen (secondary N) is 1. The minimum Gasteiger partial charge on any atom is -0.359 e. The molecule has 0 heterocycles. The van der Waals surface area contributed by atoms with Crippen molar-refractivity contribution in [2.45, 2.75) is 52.4 Å². The third kappa shape index (κ3) is 15.5. The monoisotopic (exact) mass is 382 g/mol. The lowest BCUT2D eigenvalue weighted by atomic mass is 10.2. The van der Waals surface area contributed by atoms with Crippen LogP contribution in [-0.4, -0.2) is 62.0 Å². The van der Waals surface area contributed by atoms with Crippen LogP contribution in [0.1, 0.15) is 52.4 Å². The van der Waals surface area contributed by atoms with E-state index in [1.165, 1.54) is 17.1 Å². The molecule has 0 unspecified atom stereocenters. The van der Waals surface area contributed by atoms with Crippen LogP contribution in [0.25, 0.3) is 0 Å². The number of rotatable bonds is 14. The Kier molecular flexibility index (Phi) is 15.4. The molecule has 0 spiro atoms. The van der Waals surface area contributed by atoms with Gasteiger partial charge >= 0.3 is 12.2 Å². The van der Waals surface area contributed by atoms with Gasteiger partial charge in [-0.15, -0.1) is 0 Å². The summed E-state index contributed by atoms with van der Waals surface area (Å²) in [5, 5.41) is 2.54. The summed E-state index contributed by atoms with van der Waals surface area (Å²) in [5.41, 5.74) is 0. The van der Waals surface area contributed by atoms with E-state index in [0.717, 1.165) is 25.7 Å². The van der Waals surface area contributed by atoms with Gasteiger partial charge in [-0.3, -0.25) is 0 Å². The van der Waals surface area contributed by atoms with Gasteiger partial charge in [-0.05, 0) is 44.4 Å². The SMILES string of the molecule is CC(C)CNC(=O)OC(=O)N(CCCCCN=C=O)CCCCCN=C=O. The van der Waals surface area contributed by atoms with E-state index < -0.39 is 12.2 Å². The summed E-state index contributed by atoms with van der Waals surface area (Å²) in [6, 6.07) is 0. The highest BCUT2D eigenvalue weighted by molar-refractivity contribution is 5.83. The Morgan fingerprint density at radius 1 is 0.926 bits per heavy atom. The first-order valence-corrected chi connectivity index (χ1v) is 9.33. The smallest absolute Gasteiger partial charge is 0.359 e. The van der Waals surface area contributed by atoms with Gasteiger partial charge in [-0.1, -0.05) is 13.8 Å². The number of unbranched alkanes of at least 4 members (excludes halogenated alkanes) is 4. The first kappa shape index (κ1) is 24.5. The minimum absolute atomic E-state index is 0.256. The molecular formula is C18H30N4O5. The molecular weight excluding hydrogens is 352 g/mol. The normalized spacial score (nSPS) is 9.89. The Bertz CT molecular complexity index is 498. The Morgan fingerprint density at radius 3 is 1.89 bits per heavy atom. The number of aliphatic imine (C=N–C) groups is 2. The predicted molar refractivity (Wildman–Crippen MR) is 100.0 cm³/mol. The number of ether oxygens (including phenoxy) is 1. The lowest BCUT2D eigenvalue weighted by Gasteiger charge is -2.21. The molecule has 0 rings (SSSR count). The zero-order chi connectivity index (χ0) is 20.3. The third-order valence-corrected chi connectivity index (χ3v) is 3.62. The van der Waals surface area contributed by atoms with Gasteiger partial charge < -0.3 is 15.0 Å². The fourth-order valence-electron chi connectivity index (χ4n) is 2.19. The number of carbonyl (C=O) groups is 2. The lowest BCUT2D eigenvalue weighted by Crippen LogP contribution is -2.38. The third-order valence-electron chi connectivity index (χ3n) is 3.62. The van der Waals surface area contributed by atoms with Crippen molar-refractivity contribution >= 4 is 24.3 Å². The van der Waals surface area contributed by atoms with Crippen LogP contribution in [0.15, 0.2) is 9.98 Å². The summed E-state index contributed by atoms with van der Waals surface area (Å²) >= 11 is 0. The molecule has 0 aliphatic rings. The number of hydrogen-bond donors (Lipinski definition) is 1. The summed E-state index contributed by atoms with van der Waals surface area (Å²) in [6.07, 6.45) is 6.04. The van der Waals surface area contributed by atoms with E-state index in [1.54, 1.807) is 0 Å². The average molecular weight is 382 g/mol. The molecule has 9 heteroatoms. The van der Waals surface area contributed by atoms with Gasteiger partial charge in [0, 0.05) is 19.6 Å². The zero-order valence-electron chi connectivity index (χ0n) is 16.2. The Hall–Kier alpha value is -2.50. The summed E-state index contributed by atoms with van der Waals surface area (Å²) < 4.78 is 4.85. The summed E-state index contributed by atoms with van der Waals surface area (Å²) in [5.74, 6) is 0.256. The Labute approximate surface area is 160 Å². The van der Waals surface area contributed by atoms with Gasteiger partial charge in [0.1, 0.15) is 0 Å². The molecule has 9 nitrogen and oxygen atoms in total. The quantitative estimate of drug-likeness (QED) is 0.214. The van der Waals surface area contributed by atoms with Crippen LogP contribution in [-0.2, 0) is 14.3 Å². The molecule has 27 heavy (non-hydrogen) atoms. The molecule has 1 N–H and O–H groups in total. The van der Waals surface area contributed by atoms with E-state index in [2.05, 4.69) is 15.3 Å². The number of hydrogen-bond acceptors (Lipinski definition) is 7. The summed E-state index contributed by atoms with van der Waals surface area (Å²) in [4.78, 5) is 52.4. The molecule has 0 saturated heterocycles. The molecule has 0 aromatic heterocycles. The fraction of sp³-hybridized carbons (Fsp3) is 0.778. The van der Waals surface area contributed by atoms with Crippen molar-refractivity contribution in [1.82, 2.24) is 10.2 Å². The predicted octanol–water partition coefficient (Wildman–Crippen LogP) is 2.80. The highest BCUT2D eigenvalue weighted by Crippen LogP contribution is 2.06. The number of carbonyl (C=O) groups excluding carboxylic acids is 4. The average Bonchev–Trinajstić information content (AvgIpc) is 2.63. The molecule has 0 aromatic rings. The number of amides is 2. The maximum Gasteiger partial charge on any atom is 0.418 e. The molecule has 0 aromatic carbocycles. The fourth-order valence-corrected chi connectivity index (χ4v) is 2.19. The summed E-state index contributed by atoms with van der Waals surface area (Å²) in [7, 11) is 0. The molecule has 0 radical (unpaired) electrons. The van der Waals surface area contributed by atoms with Crippen molar-refractivity contribution in [1.29, 1.82) is 0 Å². The van der Waals surface area contributed by atoms with Crippen LogP contribution in [0.2, 0.25) is 0 Å². The zero-order valence-corrected chi connectivity index (χ0v) is 16.2. The number of isocyanates is 2. The van der Waals surface area contributed by atoms with Crippen LogP contribution in [0, 0.1) is 5.92 Å². The molecule has 0 atom stereocenters. The van der Waals surface area contributed by atoms with E-state index >= 15 is 0 Å². The lowest BCUT2D eigenvalue weighted by molar-refractivity contribution is 0.115. The molecule has 2 amide bonds. The standard InChI is InChI=1S/C18H30N4O5/c1-16(2)13-21-17(25)27-18(26)22(11-7-3-5-9-19-14-23)12-8-4-6-10-20-15-24/h16H,3-13H2,1-2H3,(H,21,25). The maximum atomic E-state index is 12.2. The van der Waals surface area contributed by atoms with Gasteiger partial charge in [0.15, 0.2) is 0 Å². The van der Waals surface area contributed by atoms with Gasteiger partial charge in [0.05, 0.1) is 13.1 Å². The van der Waals surface area contributed by atoms with Crippen LogP contribution >= 0.6 is 0 Å². The topological polar surface area (TPSA) is 118 Å². The molecule has 0 fully saturated rings. The first-order chi connectivity index (χ1) is 13.0. The largest absolute Gasteiger partial charge is 0.418 e. The van der Waals surface area contributed by atoms with Crippen molar-refractivity contribution in [3.8, 4) is 0 Å². The second-order valence-electron chi connectivity index (χ2n) is 6.48. The molecule has 0 saturated carbocycles. The van der Waals surface area contributed by atoms with E-state index in [-0.39, 0.29) is 5.92 Å². The highest BCUT2D eigenvalue weighted by atomic mass is 16.6. The van der Waals surface area contributed by atoms with Crippen LogP contribution < -0.4 is 5.32 Å². The van der Waals surface area contributed by atoms with Gasteiger partial charge in [-0.25, -0.2) is 29.2 Å². The van der Waals surface area contributed by atoms with Crippen molar-refractivity contribution in [2.24, 2.45) is 15.9 Å². The minimum atomic E-state index is -0.751. The van der Waals surface area contributed by atoms with E-state index in [9.17, 15) is 19.2 Å². The van der Waals surface area contributed by atoms with E-state index in [0.29, 0.717) is 45.6 Å². The second-order valence-corrected chi connectivity index (χ2v) is 6.48. The van der Waals surface area contributed by atoms with Crippen molar-refractivity contribution < 1.29 is 23.9 Å². The molecule has 0 aliphatic carbocycles. The van der Waals surface area contributed by atoms with E-state index in [1.807, 2.05) is 13.8 Å². The Balaban J connectivity index is 4.37. The van der Waals surface area contributed by atoms with Crippen molar-refractivity contribution in [2.75, 3.05) is 32.7 Å². The molecule has 0 aliphatic heterocycles. The van der Waals surface area contributed by atoms with Crippen LogP contribution in [0.5, 0.6) is 0 Å². The number of nitrogens with zero attached hydrogens (tertiary/aromatic N) is 3. The van der Waals surface area contributed by atoms with Crippen molar-refractivity contribution in [3.63, 3.8) is 0 Å². The van der Waals surface area contributed by atoms with Crippen molar-refractivity contribution in [3.05, 3.63) is 0 Å². The van der Waals surface area contributed by atoms with Gasteiger partial charge in [0.2, 0.25) is 12.2 Å². The van der Waals surface area contributed by atoms with Gasteiger partial charge in [-0.2, -0.15) is 0 Å².